The molecule has 0 radical (unpaired) electrons. The number of aryl methyl sites for hydroxylation is 1. The van der Waals surface area contributed by atoms with Crippen LogP contribution in [0.5, 0.6) is 0 Å². The molecule has 1 aliphatic carbocycles. The first kappa shape index (κ1) is 18.8. The molecule has 0 bridgehead atoms. The monoisotopic (exact) mass is 379 g/mol. The molecule has 0 spiro atoms. The molecule has 2 heterocycles. The highest BCUT2D eigenvalue weighted by Crippen LogP contribution is 2.33. The van der Waals surface area contributed by atoms with Crippen LogP contribution in [0.1, 0.15) is 46.7 Å². The molecular formula is C18H16F3N3O3. The van der Waals surface area contributed by atoms with Crippen molar-refractivity contribution < 1.29 is 27.9 Å². The Bertz CT molecular complexity index is 945. The SMILES string of the molecule is Cc1cccc(Cn2cc(C(=O)C3=C(O)CCCC3=O)c(C(F)(F)F)n2)n1. The topological polar surface area (TPSA) is 85.1 Å². The highest BCUT2D eigenvalue weighted by atomic mass is 19.4. The number of Topliss-reactive ketones (excluding diaryl/α,β-unsaturated/α-hetero) is 2. The van der Waals surface area contributed by atoms with E-state index in [1.807, 2.05) is 0 Å². The van der Waals surface area contributed by atoms with Crippen LogP contribution in [0, 0.1) is 6.92 Å². The highest BCUT2D eigenvalue weighted by Gasteiger charge is 2.41. The van der Waals surface area contributed by atoms with Gasteiger partial charge >= 0.3 is 6.18 Å². The van der Waals surface area contributed by atoms with E-state index in [2.05, 4.69) is 10.1 Å². The number of hydrogen-bond donors (Lipinski definition) is 1. The number of nitrogens with zero attached hydrogens (tertiary/aromatic N) is 3. The Kier molecular flexibility index (Phi) is 4.86. The summed E-state index contributed by atoms with van der Waals surface area (Å²) in [5.74, 6) is -2.30. The van der Waals surface area contributed by atoms with Gasteiger partial charge in [-0.05, 0) is 25.5 Å². The van der Waals surface area contributed by atoms with E-state index < -0.39 is 40.3 Å². The summed E-state index contributed by atoms with van der Waals surface area (Å²) in [6.07, 6.45) is -3.50. The average molecular weight is 379 g/mol. The molecule has 0 aliphatic heterocycles. The largest absolute Gasteiger partial charge is 0.511 e. The van der Waals surface area contributed by atoms with Crippen LogP contribution in [-0.2, 0) is 17.5 Å². The van der Waals surface area contributed by atoms with E-state index in [1.165, 1.54) is 0 Å². The zero-order valence-electron chi connectivity index (χ0n) is 14.4. The van der Waals surface area contributed by atoms with Crippen molar-refractivity contribution in [2.45, 2.75) is 38.9 Å². The summed E-state index contributed by atoms with van der Waals surface area (Å²) in [5.41, 5.74) is -1.57. The predicted octanol–water partition coefficient (Wildman–Crippen LogP) is 3.40. The molecule has 0 saturated heterocycles. The predicted molar refractivity (Wildman–Crippen MR) is 88.1 cm³/mol. The van der Waals surface area contributed by atoms with Crippen LogP contribution in [0.2, 0.25) is 0 Å². The molecule has 0 amide bonds. The average Bonchev–Trinajstić information content (AvgIpc) is 2.99. The summed E-state index contributed by atoms with van der Waals surface area (Å²) in [5, 5.41) is 13.3. The number of carbonyl (C=O) groups excluding carboxylic acids is 2. The first-order chi connectivity index (χ1) is 12.7. The zero-order valence-corrected chi connectivity index (χ0v) is 14.4. The molecule has 27 heavy (non-hydrogen) atoms. The second kappa shape index (κ2) is 6.98. The molecule has 1 aliphatic rings. The smallest absolute Gasteiger partial charge is 0.435 e. The van der Waals surface area contributed by atoms with Crippen molar-refractivity contribution in [1.82, 2.24) is 14.8 Å². The molecule has 0 fully saturated rings. The van der Waals surface area contributed by atoms with E-state index in [4.69, 9.17) is 0 Å². The van der Waals surface area contributed by atoms with Gasteiger partial charge in [-0.25, -0.2) is 0 Å². The van der Waals surface area contributed by atoms with Gasteiger partial charge in [0.25, 0.3) is 0 Å². The molecular weight excluding hydrogens is 363 g/mol. The Labute approximate surface area is 152 Å². The maximum atomic E-state index is 13.4. The van der Waals surface area contributed by atoms with Crippen LogP contribution in [0.4, 0.5) is 13.2 Å². The maximum Gasteiger partial charge on any atom is 0.435 e. The number of halogens is 3. The molecule has 0 unspecified atom stereocenters. The third kappa shape index (κ3) is 3.91. The van der Waals surface area contributed by atoms with Crippen molar-refractivity contribution in [2.75, 3.05) is 0 Å². The number of hydrogen-bond acceptors (Lipinski definition) is 5. The van der Waals surface area contributed by atoms with E-state index in [-0.39, 0.29) is 19.4 Å². The number of allylic oxidation sites excluding steroid dienone is 2. The van der Waals surface area contributed by atoms with Crippen molar-refractivity contribution >= 4 is 11.6 Å². The lowest BCUT2D eigenvalue weighted by Gasteiger charge is -2.14. The number of pyridine rings is 1. The lowest BCUT2D eigenvalue weighted by molar-refractivity contribution is -0.141. The van der Waals surface area contributed by atoms with Gasteiger partial charge in [0.2, 0.25) is 5.78 Å². The fourth-order valence-electron chi connectivity index (χ4n) is 2.95. The van der Waals surface area contributed by atoms with Crippen molar-refractivity contribution in [2.24, 2.45) is 0 Å². The molecule has 0 saturated carbocycles. The molecule has 0 atom stereocenters. The minimum absolute atomic E-state index is 0.00777. The standard InChI is InChI=1S/C18H16F3N3O3/c1-10-4-2-5-11(22-10)8-24-9-12(17(23-24)18(19,20)21)16(27)15-13(25)6-3-7-14(15)26/h2,4-5,9,25H,3,6-8H2,1H3. The van der Waals surface area contributed by atoms with Gasteiger partial charge in [-0.1, -0.05) is 6.07 Å². The lowest BCUT2D eigenvalue weighted by atomic mass is 9.90. The quantitative estimate of drug-likeness (QED) is 0.650. The van der Waals surface area contributed by atoms with Crippen LogP contribution in [0.25, 0.3) is 0 Å². The molecule has 9 heteroatoms. The van der Waals surface area contributed by atoms with Gasteiger partial charge in [0.1, 0.15) is 11.3 Å². The second-order valence-corrected chi connectivity index (χ2v) is 6.28. The van der Waals surface area contributed by atoms with Crippen molar-refractivity contribution in [3.8, 4) is 0 Å². The normalized spacial score (nSPS) is 15.3. The minimum atomic E-state index is -4.88. The van der Waals surface area contributed by atoms with E-state index in [0.29, 0.717) is 17.8 Å². The summed E-state index contributed by atoms with van der Waals surface area (Å²) in [6.45, 7) is 1.67. The third-order valence-corrected chi connectivity index (χ3v) is 4.16. The lowest BCUT2D eigenvalue weighted by Crippen LogP contribution is -2.21. The number of alkyl halides is 3. The second-order valence-electron chi connectivity index (χ2n) is 6.28. The van der Waals surface area contributed by atoms with E-state index in [1.54, 1.807) is 25.1 Å². The molecule has 0 aromatic carbocycles. The molecule has 3 rings (SSSR count). The van der Waals surface area contributed by atoms with E-state index in [0.717, 1.165) is 10.9 Å². The van der Waals surface area contributed by atoms with Crippen LogP contribution in [0.3, 0.4) is 0 Å². The van der Waals surface area contributed by atoms with E-state index >= 15 is 0 Å². The van der Waals surface area contributed by atoms with Gasteiger partial charge in [-0.2, -0.15) is 18.3 Å². The van der Waals surface area contributed by atoms with Crippen molar-refractivity contribution in [1.29, 1.82) is 0 Å². The number of aliphatic hydroxyl groups is 1. The van der Waals surface area contributed by atoms with Crippen LogP contribution in [-0.4, -0.2) is 31.4 Å². The minimum Gasteiger partial charge on any atom is -0.511 e. The molecule has 2 aromatic rings. The van der Waals surface area contributed by atoms with Crippen molar-refractivity contribution in [3.63, 3.8) is 0 Å². The van der Waals surface area contributed by atoms with Crippen LogP contribution < -0.4 is 0 Å². The Morgan fingerprint density at radius 3 is 2.67 bits per heavy atom. The van der Waals surface area contributed by atoms with Crippen molar-refractivity contribution in [3.05, 3.63) is 58.4 Å². The fourth-order valence-corrected chi connectivity index (χ4v) is 2.95. The van der Waals surface area contributed by atoms with Gasteiger partial charge < -0.3 is 5.11 Å². The van der Waals surface area contributed by atoms with E-state index in [9.17, 15) is 27.9 Å². The number of aliphatic hydroxyl groups excluding tert-OH is 1. The van der Waals surface area contributed by atoms with Gasteiger partial charge in [-0.15, -0.1) is 0 Å². The summed E-state index contributed by atoms with van der Waals surface area (Å²) in [4.78, 5) is 28.8. The van der Waals surface area contributed by atoms with Gasteiger partial charge in [0, 0.05) is 24.7 Å². The molecule has 1 N–H and O–H groups in total. The van der Waals surface area contributed by atoms with Crippen LogP contribution >= 0.6 is 0 Å². The summed E-state index contributed by atoms with van der Waals surface area (Å²) in [6, 6.07) is 5.08. The Morgan fingerprint density at radius 2 is 2.04 bits per heavy atom. The summed E-state index contributed by atoms with van der Waals surface area (Å²) < 4.78 is 41.1. The summed E-state index contributed by atoms with van der Waals surface area (Å²) in [7, 11) is 0. The number of ketones is 2. The van der Waals surface area contributed by atoms with Gasteiger partial charge in [-0.3, -0.25) is 19.3 Å². The first-order valence-electron chi connectivity index (χ1n) is 8.24. The Hall–Kier alpha value is -2.97. The third-order valence-electron chi connectivity index (χ3n) is 4.16. The number of aromatic nitrogens is 3. The van der Waals surface area contributed by atoms with Gasteiger partial charge in [0.05, 0.1) is 17.8 Å². The first-order valence-corrected chi connectivity index (χ1v) is 8.24. The van der Waals surface area contributed by atoms with Crippen LogP contribution in [0.15, 0.2) is 35.7 Å². The van der Waals surface area contributed by atoms with Gasteiger partial charge in [0.15, 0.2) is 11.5 Å². The molecule has 2 aromatic heterocycles. The Morgan fingerprint density at radius 1 is 1.30 bits per heavy atom. The Balaban J connectivity index is 2.03. The maximum absolute atomic E-state index is 13.4. The molecule has 142 valence electrons. The fraction of sp³-hybridized carbons (Fsp3) is 0.333. The summed E-state index contributed by atoms with van der Waals surface area (Å²) >= 11 is 0. The number of rotatable bonds is 4. The number of carbonyl (C=O) groups is 2. The molecule has 6 nitrogen and oxygen atoms in total. The zero-order chi connectivity index (χ0) is 19.8. The highest BCUT2D eigenvalue weighted by molar-refractivity contribution is 6.27.